The van der Waals surface area contributed by atoms with Crippen LogP contribution in [0.25, 0.3) is 0 Å². The van der Waals surface area contributed by atoms with E-state index in [1.54, 1.807) is 43.8 Å². The van der Waals surface area contributed by atoms with Gasteiger partial charge in [-0.2, -0.15) is 0 Å². The summed E-state index contributed by atoms with van der Waals surface area (Å²) >= 11 is 0. The normalized spacial score (nSPS) is 12.8. The van der Waals surface area contributed by atoms with E-state index in [9.17, 15) is 9.00 Å². The van der Waals surface area contributed by atoms with E-state index < -0.39 is 16.0 Å². The van der Waals surface area contributed by atoms with E-state index in [1.165, 1.54) is 6.20 Å². The highest BCUT2D eigenvalue weighted by atomic mass is 32.2. The van der Waals surface area contributed by atoms with Crippen LogP contribution >= 0.6 is 0 Å². The first kappa shape index (κ1) is 18.7. The van der Waals surface area contributed by atoms with Gasteiger partial charge in [-0.25, -0.2) is 4.98 Å². The fraction of sp³-hybridized carbons (Fsp3) is 0.150. The monoisotopic (exact) mass is 381 g/mol. The first-order chi connectivity index (χ1) is 13.1. The molecule has 1 aromatic carbocycles. The Labute approximate surface area is 160 Å². The molecule has 0 spiro atoms. The van der Waals surface area contributed by atoms with E-state index in [0.717, 1.165) is 5.56 Å². The minimum atomic E-state index is -1.55. The summed E-state index contributed by atoms with van der Waals surface area (Å²) in [7, 11) is 0.0268. The van der Waals surface area contributed by atoms with Gasteiger partial charge in [0, 0.05) is 29.8 Å². The minimum absolute atomic E-state index is 0.238. The Morgan fingerprint density at radius 1 is 1.07 bits per heavy atom. The Bertz CT molecular complexity index is 963. The molecule has 7 heteroatoms. The van der Waals surface area contributed by atoms with Crippen molar-refractivity contribution in [3.63, 3.8) is 0 Å². The number of benzene rings is 1. The van der Waals surface area contributed by atoms with Crippen molar-refractivity contribution in [1.29, 1.82) is 0 Å². The largest absolute Gasteiger partial charge is 0.496 e. The summed E-state index contributed by atoms with van der Waals surface area (Å²) in [5.41, 5.74) is 1.67. The smallest absolute Gasteiger partial charge is 0.258 e. The number of hydrogen-bond acceptors (Lipinski definition) is 5. The van der Waals surface area contributed by atoms with Crippen LogP contribution in [0.5, 0.6) is 5.75 Å². The second kappa shape index (κ2) is 8.55. The molecule has 138 valence electrons. The lowest BCUT2D eigenvalue weighted by molar-refractivity contribution is 0.102. The third kappa shape index (κ3) is 4.20. The van der Waals surface area contributed by atoms with Crippen LogP contribution in [0.15, 0.2) is 72.1 Å². The van der Waals surface area contributed by atoms with Crippen molar-refractivity contribution in [3.05, 3.63) is 78.2 Å². The van der Waals surface area contributed by atoms with Gasteiger partial charge in [0.1, 0.15) is 10.8 Å². The van der Waals surface area contributed by atoms with Crippen LogP contribution in [0.4, 0.5) is 5.69 Å². The van der Waals surface area contributed by atoms with Gasteiger partial charge in [0.15, 0.2) is 0 Å². The molecule has 2 heterocycles. The summed E-state index contributed by atoms with van der Waals surface area (Å²) < 4.78 is 18.6. The van der Waals surface area contributed by atoms with Crippen LogP contribution in [0.3, 0.4) is 0 Å². The summed E-state index contributed by atoms with van der Waals surface area (Å²) in [4.78, 5) is 20.8. The molecule has 27 heavy (non-hydrogen) atoms. The average Bonchev–Trinajstić information content (AvgIpc) is 2.73. The van der Waals surface area contributed by atoms with Gasteiger partial charge in [0.25, 0.3) is 5.91 Å². The molecule has 0 aliphatic heterocycles. The number of ether oxygens (including phenoxy) is 1. The summed E-state index contributed by atoms with van der Waals surface area (Å²) in [5, 5.41) is 2.62. The SMILES string of the molecule is COc1ccccc1C(C)S(=O)c1ncccc1C(=O)Nc1ccncc1. The average molecular weight is 381 g/mol. The zero-order valence-electron chi connectivity index (χ0n) is 15.0. The van der Waals surface area contributed by atoms with Gasteiger partial charge >= 0.3 is 0 Å². The molecule has 3 aromatic rings. The topological polar surface area (TPSA) is 81.2 Å². The van der Waals surface area contributed by atoms with Gasteiger partial charge < -0.3 is 10.1 Å². The maximum atomic E-state index is 13.2. The number of methoxy groups -OCH3 is 1. The number of amides is 1. The third-order valence-electron chi connectivity index (χ3n) is 4.04. The Morgan fingerprint density at radius 3 is 2.56 bits per heavy atom. The van der Waals surface area contributed by atoms with E-state index in [2.05, 4.69) is 15.3 Å². The number of rotatable bonds is 6. The van der Waals surface area contributed by atoms with Gasteiger partial charge in [-0.15, -0.1) is 0 Å². The van der Waals surface area contributed by atoms with Gasteiger partial charge in [-0.05, 0) is 37.3 Å². The number of aromatic nitrogens is 2. The number of nitrogens with zero attached hydrogens (tertiary/aromatic N) is 2. The van der Waals surface area contributed by atoms with Gasteiger partial charge in [0.05, 0.1) is 28.7 Å². The van der Waals surface area contributed by atoms with Crippen molar-refractivity contribution >= 4 is 22.4 Å². The molecular weight excluding hydrogens is 362 g/mol. The molecule has 2 atom stereocenters. The second-order valence-electron chi connectivity index (χ2n) is 5.73. The highest BCUT2D eigenvalue weighted by Crippen LogP contribution is 2.32. The van der Waals surface area contributed by atoms with Crippen molar-refractivity contribution in [3.8, 4) is 5.75 Å². The van der Waals surface area contributed by atoms with Gasteiger partial charge in [-0.3, -0.25) is 14.0 Å². The summed E-state index contributed by atoms with van der Waals surface area (Å²) in [6.07, 6.45) is 4.70. The summed E-state index contributed by atoms with van der Waals surface area (Å²) in [5.74, 6) is 0.280. The van der Waals surface area contributed by atoms with Crippen molar-refractivity contribution in [2.45, 2.75) is 17.2 Å². The van der Waals surface area contributed by atoms with Crippen LogP contribution in [0, 0.1) is 0 Å². The van der Waals surface area contributed by atoms with Crippen molar-refractivity contribution in [1.82, 2.24) is 9.97 Å². The predicted octanol–water partition coefficient (Wildman–Crippen LogP) is 3.61. The highest BCUT2D eigenvalue weighted by Gasteiger charge is 2.24. The van der Waals surface area contributed by atoms with E-state index in [0.29, 0.717) is 11.4 Å². The lowest BCUT2D eigenvalue weighted by atomic mass is 10.1. The van der Waals surface area contributed by atoms with E-state index in [1.807, 2.05) is 31.2 Å². The van der Waals surface area contributed by atoms with E-state index in [4.69, 9.17) is 4.74 Å². The summed E-state index contributed by atoms with van der Waals surface area (Å²) in [6.45, 7) is 1.83. The van der Waals surface area contributed by atoms with Gasteiger partial charge in [0.2, 0.25) is 0 Å². The molecule has 2 aromatic heterocycles. The minimum Gasteiger partial charge on any atom is -0.496 e. The zero-order valence-corrected chi connectivity index (χ0v) is 15.8. The number of anilines is 1. The second-order valence-corrected chi connectivity index (χ2v) is 7.42. The molecule has 0 fully saturated rings. The van der Waals surface area contributed by atoms with Gasteiger partial charge in [-0.1, -0.05) is 18.2 Å². The molecule has 3 rings (SSSR count). The highest BCUT2D eigenvalue weighted by molar-refractivity contribution is 7.85. The lowest BCUT2D eigenvalue weighted by Crippen LogP contribution is -2.17. The molecule has 0 saturated heterocycles. The number of carbonyl (C=O) groups is 1. The van der Waals surface area contributed by atoms with E-state index >= 15 is 0 Å². The van der Waals surface area contributed by atoms with Crippen molar-refractivity contribution in [2.75, 3.05) is 12.4 Å². The number of hydrogen-bond donors (Lipinski definition) is 1. The third-order valence-corrected chi connectivity index (χ3v) is 5.65. The fourth-order valence-corrected chi connectivity index (χ4v) is 3.95. The number of nitrogens with one attached hydrogen (secondary N) is 1. The van der Waals surface area contributed by atoms with Crippen LogP contribution < -0.4 is 10.1 Å². The number of pyridine rings is 2. The standard InChI is InChI=1S/C20H19N3O3S/c1-14(16-6-3-4-8-18(16)26-2)27(25)20-17(7-5-11-22-20)19(24)23-15-9-12-21-13-10-15/h3-14H,1-2H3,(H,21,23,24). The molecule has 1 N–H and O–H groups in total. The molecule has 0 aliphatic carbocycles. The number of carbonyl (C=O) groups excluding carboxylic acids is 1. The molecule has 1 amide bonds. The first-order valence-electron chi connectivity index (χ1n) is 8.31. The quantitative estimate of drug-likeness (QED) is 0.705. The van der Waals surface area contributed by atoms with Crippen molar-refractivity contribution in [2.24, 2.45) is 0 Å². The Kier molecular flexibility index (Phi) is 5.93. The molecule has 0 aliphatic rings. The number of para-hydroxylation sites is 1. The molecule has 0 saturated carbocycles. The Morgan fingerprint density at radius 2 is 1.81 bits per heavy atom. The molecular formula is C20H19N3O3S. The van der Waals surface area contributed by atoms with Crippen LogP contribution in [-0.4, -0.2) is 27.2 Å². The van der Waals surface area contributed by atoms with Crippen LogP contribution in [-0.2, 0) is 10.8 Å². The van der Waals surface area contributed by atoms with Crippen LogP contribution in [0.1, 0.15) is 28.1 Å². The predicted molar refractivity (Wildman–Crippen MR) is 104 cm³/mol. The molecule has 2 unspecified atom stereocenters. The maximum absolute atomic E-state index is 13.2. The van der Waals surface area contributed by atoms with Crippen molar-refractivity contribution < 1.29 is 13.7 Å². The van der Waals surface area contributed by atoms with E-state index in [-0.39, 0.29) is 16.5 Å². The molecule has 6 nitrogen and oxygen atoms in total. The Hall–Kier alpha value is -3.06. The zero-order chi connectivity index (χ0) is 19.2. The first-order valence-corrected chi connectivity index (χ1v) is 9.53. The van der Waals surface area contributed by atoms with Crippen LogP contribution in [0.2, 0.25) is 0 Å². The lowest BCUT2D eigenvalue weighted by Gasteiger charge is -2.16. The Balaban J connectivity index is 1.91. The summed E-state index contributed by atoms with van der Waals surface area (Å²) in [6, 6.07) is 14.0. The fourth-order valence-electron chi connectivity index (χ4n) is 2.64. The maximum Gasteiger partial charge on any atom is 0.258 e. The molecule has 0 radical (unpaired) electrons. The molecule has 0 bridgehead atoms.